The zero-order chi connectivity index (χ0) is 14.0. The van der Waals surface area contributed by atoms with Gasteiger partial charge in [0, 0.05) is 26.3 Å². The van der Waals surface area contributed by atoms with Crippen molar-refractivity contribution in [3.8, 4) is 0 Å². The summed E-state index contributed by atoms with van der Waals surface area (Å²) in [6.45, 7) is 2.99. The minimum atomic E-state index is -3.19. The normalized spacial score (nSPS) is 17.5. The van der Waals surface area contributed by atoms with Crippen LogP contribution in [0, 0.1) is 0 Å². The Kier molecular flexibility index (Phi) is 3.94. The number of nitrogens with zero attached hydrogens (tertiary/aromatic N) is 1. The van der Waals surface area contributed by atoms with Crippen LogP contribution < -0.4 is 0 Å². The van der Waals surface area contributed by atoms with Gasteiger partial charge in [0.05, 0.1) is 4.90 Å². The zero-order valence-electron chi connectivity index (χ0n) is 11.3. The highest BCUT2D eigenvalue weighted by Gasteiger charge is 2.25. The van der Waals surface area contributed by atoms with Crippen LogP contribution in [0.5, 0.6) is 0 Å². The monoisotopic (exact) mass is 281 g/mol. The molecule has 0 saturated carbocycles. The van der Waals surface area contributed by atoms with E-state index in [2.05, 4.69) is 0 Å². The fourth-order valence-electron chi connectivity index (χ4n) is 2.66. The number of hydrogen-bond acceptors (Lipinski definition) is 3. The molecule has 1 aromatic carbocycles. The summed E-state index contributed by atoms with van der Waals surface area (Å²) in [6.07, 6.45) is 2.90. The average molecular weight is 281 g/mol. The molecule has 0 aliphatic carbocycles. The number of sulfone groups is 1. The van der Waals surface area contributed by atoms with Gasteiger partial charge in [-0.2, -0.15) is 0 Å². The lowest BCUT2D eigenvalue weighted by Gasteiger charge is -2.32. The molecule has 5 heteroatoms. The Bertz CT molecular complexity index is 572. The largest absolute Gasteiger partial charge is 0.343 e. The number of amides is 1. The molecule has 1 amide bonds. The van der Waals surface area contributed by atoms with Gasteiger partial charge in [0.1, 0.15) is 0 Å². The van der Waals surface area contributed by atoms with E-state index in [0.29, 0.717) is 18.0 Å². The van der Waals surface area contributed by atoms with Crippen molar-refractivity contribution in [3.63, 3.8) is 0 Å². The van der Waals surface area contributed by atoms with Gasteiger partial charge in [-0.05, 0) is 30.4 Å². The lowest BCUT2D eigenvalue weighted by atomic mass is 9.89. The molecule has 0 aromatic heterocycles. The lowest BCUT2D eigenvalue weighted by molar-refractivity contribution is -0.129. The number of benzene rings is 1. The number of carbonyl (C=O) groups excluding carboxylic acids is 1. The van der Waals surface area contributed by atoms with E-state index in [1.807, 2.05) is 17.0 Å². The van der Waals surface area contributed by atoms with Gasteiger partial charge in [0.2, 0.25) is 5.91 Å². The Hall–Kier alpha value is -1.36. The molecule has 0 spiro atoms. The zero-order valence-corrected chi connectivity index (χ0v) is 12.1. The van der Waals surface area contributed by atoms with Gasteiger partial charge >= 0.3 is 0 Å². The number of carbonyl (C=O) groups is 1. The fourth-order valence-corrected chi connectivity index (χ4v) is 3.65. The molecule has 1 aromatic rings. The van der Waals surface area contributed by atoms with Crippen molar-refractivity contribution in [3.05, 3.63) is 29.8 Å². The van der Waals surface area contributed by atoms with Crippen LogP contribution in [-0.2, 0) is 14.6 Å². The number of hydrogen-bond donors (Lipinski definition) is 0. The van der Waals surface area contributed by atoms with Crippen molar-refractivity contribution in [1.29, 1.82) is 0 Å². The van der Waals surface area contributed by atoms with Crippen LogP contribution in [0.2, 0.25) is 0 Å². The smallest absolute Gasteiger partial charge is 0.219 e. The maximum Gasteiger partial charge on any atom is 0.219 e. The molecule has 1 aliphatic heterocycles. The molecule has 0 atom stereocenters. The molecule has 0 N–H and O–H groups in total. The van der Waals surface area contributed by atoms with Gasteiger partial charge in [-0.15, -0.1) is 0 Å². The number of rotatable bonds is 2. The van der Waals surface area contributed by atoms with E-state index in [0.717, 1.165) is 18.4 Å². The minimum absolute atomic E-state index is 0.0925. The first kappa shape index (κ1) is 14.1. The first-order valence-corrected chi connectivity index (χ1v) is 8.33. The molecule has 0 unspecified atom stereocenters. The summed E-state index contributed by atoms with van der Waals surface area (Å²) < 4.78 is 23.6. The van der Waals surface area contributed by atoms with Gasteiger partial charge in [-0.3, -0.25) is 4.79 Å². The van der Waals surface area contributed by atoms with Crippen molar-refractivity contribution >= 4 is 15.7 Å². The van der Waals surface area contributed by atoms with Gasteiger partial charge < -0.3 is 4.90 Å². The van der Waals surface area contributed by atoms with Crippen molar-refractivity contribution < 1.29 is 13.2 Å². The van der Waals surface area contributed by atoms with Crippen molar-refractivity contribution in [2.75, 3.05) is 19.3 Å². The van der Waals surface area contributed by atoms with Crippen LogP contribution in [0.4, 0.5) is 0 Å². The Morgan fingerprint density at radius 3 is 2.32 bits per heavy atom. The van der Waals surface area contributed by atoms with E-state index in [1.165, 1.54) is 6.26 Å². The van der Waals surface area contributed by atoms with Crippen LogP contribution in [0.1, 0.15) is 31.2 Å². The van der Waals surface area contributed by atoms with E-state index >= 15 is 0 Å². The third-order valence-electron chi connectivity index (χ3n) is 3.70. The van der Waals surface area contributed by atoms with E-state index in [1.54, 1.807) is 19.1 Å². The topological polar surface area (TPSA) is 54.5 Å². The Morgan fingerprint density at radius 2 is 1.79 bits per heavy atom. The third kappa shape index (κ3) is 3.15. The molecule has 1 saturated heterocycles. The van der Waals surface area contributed by atoms with Crippen molar-refractivity contribution in [1.82, 2.24) is 4.90 Å². The van der Waals surface area contributed by atoms with Crippen molar-refractivity contribution in [2.24, 2.45) is 0 Å². The van der Waals surface area contributed by atoms with Gasteiger partial charge in [-0.1, -0.05) is 18.2 Å². The highest BCUT2D eigenvalue weighted by atomic mass is 32.2. The minimum Gasteiger partial charge on any atom is -0.343 e. The summed E-state index contributed by atoms with van der Waals surface area (Å²) in [5.74, 6) is 0.316. The Morgan fingerprint density at radius 1 is 1.21 bits per heavy atom. The SMILES string of the molecule is CC(=O)N1CCC(c2ccccc2S(C)(=O)=O)CC1. The van der Waals surface area contributed by atoms with Crippen molar-refractivity contribution in [2.45, 2.75) is 30.6 Å². The van der Waals surface area contributed by atoms with Gasteiger partial charge in [0.25, 0.3) is 0 Å². The maximum absolute atomic E-state index is 11.8. The van der Waals surface area contributed by atoms with E-state index in [-0.39, 0.29) is 11.8 Å². The first-order valence-electron chi connectivity index (χ1n) is 6.44. The van der Waals surface area contributed by atoms with Gasteiger partial charge in [0.15, 0.2) is 9.84 Å². The van der Waals surface area contributed by atoms with E-state index in [9.17, 15) is 13.2 Å². The Balaban J connectivity index is 2.23. The highest BCUT2D eigenvalue weighted by molar-refractivity contribution is 7.90. The average Bonchev–Trinajstić information content (AvgIpc) is 2.38. The number of piperidine rings is 1. The first-order chi connectivity index (χ1) is 8.89. The number of likely N-dealkylation sites (tertiary alicyclic amines) is 1. The maximum atomic E-state index is 11.8. The molecule has 19 heavy (non-hydrogen) atoms. The lowest BCUT2D eigenvalue weighted by Crippen LogP contribution is -2.36. The second-order valence-corrected chi connectivity index (χ2v) is 7.07. The second kappa shape index (κ2) is 5.33. The molecule has 1 aliphatic rings. The predicted molar refractivity (Wildman–Crippen MR) is 73.8 cm³/mol. The molecule has 0 radical (unpaired) electrons. The van der Waals surface area contributed by atoms with Crippen LogP contribution in [0.15, 0.2) is 29.2 Å². The summed E-state index contributed by atoms with van der Waals surface area (Å²) in [5, 5.41) is 0. The summed E-state index contributed by atoms with van der Waals surface area (Å²) in [5.41, 5.74) is 0.896. The third-order valence-corrected chi connectivity index (χ3v) is 4.87. The van der Waals surface area contributed by atoms with Crippen LogP contribution in [0.25, 0.3) is 0 Å². The summed E-state index contributed by atoms with van der Waals surface area (Å²) in [4.78, 5) is 13.5. The summed E-state index contributed by atoms with van der Waals surface area (Å²) in [7, 11) is -3.19. The molecule has 4 nitrogen and oxygen atoms in total. The molecule has 104 valence electrons. The van der Waals surface area contributed by atoms with Gasteiger partial charge in [-0.25, -0.2) is 8.42 Å². The predicted octanol–water partition coefficient (Wildman–Crippen LogP) is 1.82. The molecule has 1 fully saturated rings. The molecular weight excluding hydrogens is 262 g/mol. The quantitative estimate of drug-likeness (QED) is 0.831. The van der Waals surface area contributed by atoms with E-state index in [4.69, 9.17) is 0 Å². The molecular formula is C14H19NO3S. The Labute approximate surface area is 114 Å². The molecule has 0 bridgehead atoms. The fraction of sp³-hybridized carbons (Fsp3) is 0.500. The summed E-state index contributed by atoms with van der Waals surface area (Å²) >= 11 is 0. The molecule has 2 rings (SSSR count). The standard InChI is InChI=1S/C14H19NO3S/c1-11(16)15-9-7-12(8-10-15)13-5-3-4-6-14(13)19(2,17)18/h3-6,12H,7-10H2,1-2H3. The highest BCUT2D eigenvalue weighted by Crippen LogP contribution is 2.32. The van der Waals surface area contributed by atoms with E-state index < -0.39 is 9.84 Å². The second-order valence-electron chi connectivity index (χ2n) is 5.09. The van der Waals surface area contributed by atoms with Crippen LogP contribution in [0.3, 0.4) is 0 Å². The molecule has 1 heterocycles. The van der Waals surface area contributed by atoms with Crippen LogP contribution in [-0.4, -0.2) is 38.6 Å². The van der Waals surface area contributed by atoms with Crippen LogP contribution >= 0.6 is 0 Å². The summed E-state index contributed by atoms with van der Waals surface area (Å²) in [6, 6.07) is 7.19.